The fraction of sp³-hybridized carbons (Fsp3) is 0.941. The van der Waals surface area contributed by atoms with E-state index in [1.54, 1.807) is 0 Å². The summed E-state index contributed by atoms with van der Waals surface area (Å²) in [4.78, 5) is 0. The molecule has 0 spiro atoms. The molecule has 0 rings (SSSR count). The van der Waals surface area contributed by atoms with Gasteiger partial charge in [0.2, 0.25) is 0 Å². The summed E-state index contributed by atoms with van der Waals surface area (Å²) in [7, 11) is 0. The minimum Gasteiger partial charge on any atom is -0.502 e. The molecule has 4 atom stereocenters. The summed E-state index contributed by atoms with van der Waals surface area (Å²) < 4.78 is 0. The Morgan fingerprint density at radius 3 is 1.03 bits per heavy atom. The molecule has 0 aromatic rings. The van der Waals surface area contributed by atoms with Crippen LogP contribution in [0.5, 0.6) is 0 Å². The number of hydrogen-bond acceptors (Lipinski definition) is 2. The van der Waals surface area contributed by atoms with Gasteiger partial charge in [0, 0.05) is 12.8 Å². The Balaban J connectivity index is 4.89. The lowest BCUT2D eigenvalue weighted by Crippen LogP contribution is -2.15. The molecule has 0 fully saturated rings. The molecule has 0 amide bonds. The van der Waals surface area contributed by atoms with Crippen LogP contribution in [0.1, 0.15) is 182 Å². The first-order valence-corrected chi connectivity index (χ1v) is 17.6. The summed E-state index contributed by atoms with van der Waals surface area (Å²) in [5.41, 5.74) is 0. The highest BCUT2D eigenvalue weighted by molar-refractivity contribution is 7.80. The maximum absolute atomic E-state index is 9.97. The Hall–Kier alpha value is -0.220. The van der Waals surface area contributed by atoms with Gasteiger partial charge in [-0.3, -0.25) is 0 Å². The Bertz CT molecular complexity index is 503. The Labute approximate surface area is 249 Å². The number of hydrogen-bond donors (Lipinski definition) is 2. The van der Waals surface area contributed by atoms with Crippen molar-refractivity contribution in [3.8, 4) is 0 Å². The summed E-state index contributed by atoms with van der Waals surface area (Å²) in [5, 5.41) is 20.3. The topological polar surface area (TPSA) is 40.5 Å². The summed E-state index contributed by atoms with van der Waals surface area (Å²) in [6, 6.07) is 0. The van der Waals surface area contributed by atoms with Gasteiger partial charge in [0.15, 0.2) is 10.1 Å². The van der Waals surface area contributed by atoms with Crippen LogP contribution in [0.25, 0.3) is 0 Å². The van der Waals surface area contributed by atoms with Crippen LogP contribution in [0.3, 0.4) is 0 Å². The van der Waals surface area contributed by atoms with Crippen molar-refractivity contribution >= 4 is 34.5 Å². The lowest BCUT2D eigenvalue weighted by molar-refractivity contribution is 0.285. The van der Waals surface area contributed by atoms with Crippen LogP contribution in [-0.4, -0.2) is 20.3 Å². The van der Waals surface area contributed by atoms with Gasteiger partial charge < -0.3 is 10.2 Å². The third kappa shape index (κ3) is 23.6. The van der Waals surface area contributed by atoms with Crippen molar-refractivity contribution in [3.63, 3.8) is 0 Å². The molecule has 0 saturated carbocycles. The second kappa shape index (κ2) is 27.0. The molecule has 4 heteroatoms. The summed E-state index contributed by atoms with van der Waals surface area (Å²) in [6.45, 7) is 9.15. The molecule has 38 heavy (non-hydrogen) atoms. The van der Waals surface area contributed by atoms with Crippen LogP contribution in [0.2, 0.25) is 0 Å². The van der Waals surface area contributed by atoms with Crippen molar-refractivity contribution in [3.05, 3.63) is 0 Å². The average Bonchev–Trinajstić information content (AvgIpc) is 2.87. The van der Waals surface area contributed by atoms with Crippen LogP contribution in [0.4, 0.5) is 0 Å². The smallest absolute Gasteiger partial charge is 0.156 e. The molecular weight excluding hydrogens is 505 g/mol. The zero-order valence-electron chi connectivity index (χ0n) is 26.0. The maximum Gasteiger partial charge on any atom is 0.156 e. The van der Waals surface area contributed by atoms with Gasteiger partial charge in [-0.1, -0.05) is 143 Å². The van der Waals surface area contributed by atoms with E-state index >= 15 is 0 Å². The van der Waals surface area contributed by atoms with Crippen molar-refractivity contribution in [2.24, 2.45) is 23.7 Å². The average molecular weight is 571 g/mol. The van der Waals surface area contributed by atoms with Gasteiger partial charge in [-0.25, -0.2) is 0 Å². The quantitative estimate of drug-likeness (QED) is 0.0693. The SMILES string of the molecule is CCCCCCC(CCCC)CC(CCCCC(CC(O)=S)CC(CCCC)CCCCCC)CC(O)=S. The highest BCUT2D eigenvalue weighted by Crippen LogP contribution is 2.32. The van der Waals surface area contributed by atoms with Crippen LogP contribution in [0.15, 0.2) is 0 Å². The molecule has 2 nitrogen and oxygen atoms in total. The van der Waals surface area contributed by atoms with E-state index in [-0.39, 0.29) is 10.1 Å². The van der Waals surface area contributed by atoms with Crippen molar-refractivity contribution in [2.75, 3.05) is 0 Å². The van der Waals surface area contributed by atoms with Gasteiger partial charge in [-0.15, -0.1) is 0 Å². The molecule has 4 unspecified atom stereocenters. The summed E-state index contributed by atoms with van der Waals surface area (Å²) in [6.07, 6.45) is 29.7. The Morgan fingerprint density at radius 2 is 0.711 bits per heavy atom. The zero-order chi connectivity index (χ0) is 28.4. The van der Waals surface area contributed by atoms with Gasteiger partial charge in [0.05, 0.1) is 0 Å². The largest absolute Gasteiger partial charge is 0.502 e. The van der Waals surface area contributed by atoms with E-state index in [9.17, 15) is 10.2 Å². The second-order valence-electron chi connectivity index (χ2n) is 12.4. The van der Waals surface area contributed by atoms with Crippen LogP contribution in [-0.2, 0) is 0 Å². The molecule has 0 aliphatic heterocycles. The normalized spacial score (nSPS) is 14.7. The zero-order valence-corrected chi connectivity index (χ0v) is 27.6. The van der Waals surface area contributed by atoms with Gasteiger partial charge >= 0.3 is 0 Å². The third-order valence-electron chi connectivity index (χ3n) is 8.60. The summed E-state index contributed by atoms with van der Waals surface area (Å²) >= 11 is 10.3. The molecule has 0 aliphatic carbocycles. The van der Waals surface area contributed by atoms with Crippen molar-refractivity contribution in [2.45, 2.75) is 182 Å². The van der Waals surface area contributed by atoms with Gasteiger partial charge in [0.1, 0.15) is 0 Å². The first-order chi connectivity index (χ1) is 18.4. The van der Waals surface area contributed by atoms with Gasteiger partial charge in [0.25, 0.3) is 0 Å². The standard InChI is InChI=1S/C34H66O2S2/c1-5-9-13-15-21-29(19-11-7-3)25-31(27-33(35)37)23-17-18-24-32(28-34(36)38)26-30(20-12-8-4)22-16-14-10-6-2/h29-32H,5-28H2,1-4H3,(H,35,37)(H,36,38). The number of rotatable bonds is 29. The predicted molar refractivity (Wildman–Crippen MR) is 178 cm³/mol. The van der Waals surface area contributed by atoms with E-state index in [1.165, 1.54) is 128 Å². The molecular formula is C34H66O2S2. The van der Waals surface area contributed by atoms with Gasteiger partial charge in [-0.2, -0.15) is 0 Å². The molecule has 0 bridgehead atoms. The van der Waals surface area contributed by atoms with Crippen LogP contribution in [0, 0.1) is 23.7 Å². The highest BCUT2D eigenvalue weighted by Gasteiger charge is 2.20. The third-order valence-corrected chi connectivity index (χ3v) is 8.93. The van der Waals surface area contributed by atoms with Crippen molar-refractivity contribution in [1.29, 1.82) is 0 Å². The maximum atomic E-state index is 9.97. The fourth-order valence-electron chi connectivity index (χ4n) is 6.37. The predicted octanol–water partition coefficient (Wildman–Crippen LogP) is 12.7. The lowest BCUT2D eigenvalue weighted by Gasteiger charge is -2.25. The molecule has 0 aromatic carbocycles. The Kier molecular flexibility index (Phi) is 26.8. The number of aliphatic hydroxyl groups excluding tert-OH is 2. The monoisotopic (exact) mass is 570 g/mol. The molecule has 0 aromatic heterocycles. The fourth-order valence-corrected chi connectivity index (χ4v) is 6.85. The van der Waals surface area contributed by atoms with E-state index in [0.717, 1.165) is 24.7 Å². The van der Waals surface area contributed by atoms with Crippen LogP contribution >= 0.6 is 24.4 Å². The first-order valence-electron chi connectivity index (χ1n) is 16.8. The van der Waals surface area contributed by atoms with Crippen molar-refractivity contribution in [1.82, 2.24) is 0 Å². The van der Waals surface area contributed by atoms with E-state index in [2.05, 4.69) is 27.7 Å². The van der Waals surface area contributed by atoms with Crippen molar-refractivity contribution < 1.29 is 10.2 Å². The first kappa shape index (κ1) is 37.8. The molecule has 2 N–H and O–H groups in total. The minimum absolute atomic E-state index is 0.195. The number of thiocarbonyl (C=S) groups is 2. The Morgan fingerprint density at radius 1 is 0.421 bits per heavy atom. The van der Waals surface area contributed by atoms with E-state index in [4.69, 9.17) is 24.4 Å². The molecule has 0 heterocycles. The van der Waals surface area contributed by atoms with E-state index in [0.29, 0.717) is 24.7 Å². The summed E-state index contributed by atoms with van der Waals surface area (Å²) in [5.74, 6) is 2.57. The number of aliphatic hydroxyl groups is 2. The number of unbranched alkanes of at least 4 members (excludes halogenated alkanes) is 9. The minimum atomic E-state index is 0.195. The van der Waals surface area contributed by atoms with Gasteiger partial charge in [-0.05, 0) is 73.8 Å². The molecule has 0 saturated heterocycles. The highest BCUT2D eigenvalue weighted by atomic mass is 32.1. The molecule has 0 radical (unpaired) electrons. The molecule has 226 valence electrons. The second-order valence-corrected chi connectivity index (χ2v) is 13.3. The lowest BCUT2D eigenvalue weighted by atomic mass is 9.81. The molecule has 0 aliphatic rings. The van der Waals surface area contributed by atoms with Crippen LogP contribution < -0.4 is 0 Å². The van der Waals surface area contributed by atoms with E-state index < -0.39 is 0 Å². The van der Waals surface area contributed by atoms with E-state index in [1.807, 2.05) is 0 Å².